The Morgan fingerprint density at radius 2 is 1.90 bits per heavy atom. The third kappa shape index (κ3) is 4.57. The molecule has 0 saturated heterocycles. The van der Waals surface area contributed by atoms with E-state index < -0.39 is 0 Å². The second kappa shape index (κ2) is 7.45. The average Bonchev–Trinajstić information content (AvgIpc) is 2.43. The second-order valence-electron chi connectivity index (χ2n) is 7.68. The fourth-order valence-electron chi connectivity index (χ4n) is 3.65. The fourth-order valence-corrected chi connectivity index (χ4v) is 3.65. The zero-order valence-corrected chi connectivity index (χ0v) is 14.6. The highest BCUT2D eigenvalue weighted by molar-refractivity contribution is 5.32. The van der Waals surface area contributed by atoms with Crippen molar-refractivity contribution in [3.05, 3.63) is 34.9 Å². The summed E-state index contributed by atoms with van der Waals surface area (Å²) in [4.78, 5) is 0. The molecule has 0 aromatic heterocycles. The molecule has 0 aliphatic heterocycles. The Bertz CT molecular complexity index is 449. The molecule has 2 rings (SSSR count). The summed E-state index contributed by atoms with van der Waals surface area (Å²) < 4.78 is 0. The molecule has 0 heterocycles. The van der Waals surface area contributed by atoms with Crippen LogP contribution in [0.3, 0.4) is 0 Å². The number of hydrogen-bond donors (Lipinski definition) is 1. The van der Waals surface area contributed by atoms with Crippen molar-refractivity contribution in [2.45, 2.75) is 59.8 Å². The zero-order chi connectivity index (χ0) is 15.4. The highest BCUT2D eigenvalue weighted by Gasteiger charge is 2.29. The number of benzene rings is 1. The first-order valence-corrected chi connectivity index (χ1v) is 8.75. The van der Waals surface area contributed by atoms with Crippen molar-refractivity contribution in [2.75, 3.05) is 13.1 Å². The summed E-state index contributed by atoms with van der Waals surface area (Å²) in [5.41, 5.74) is 4.43. The normalized spacial score (nSPS) is 26.3. The van der Waals surface area contributed by atoms with E-state index in [1.54, 1.807) is 5.56 Å². The van der Waals surface area contributed by atoms with Crippen molar-refractivity contribution in [1.82, 2.24) is 5.32 Å². The van der Waals surface area contributed by atoms with Crippen molar-refractivity contribution in [3.63, 3.8) is 0 Å². The molecule has 1 N–H and O–H groups in total. The Balaban J connectivity index is 2.08. The fraction of sp³-hybridized carbons (Fsp3) is 0.700. The van der Waals surface area contributed by atoms with Crippen LogP contribution in [0.15, 0.2) is 18.2 Å². The zero-order valence-electron chi connectivity index (χ0n) is 14.6. The van der Waals surface area contributed by atoms with Crippen LogP contribution in [-0.2, 0) is 0 Å². The van der Waals surface area contributed by atoms with Gasteiger partial charge in [-0.2, -0.15) is 0 Å². The van der Waals surface area contributed by atoms with Gasteiger partial charge in [0, 0.05) is 0 Å². The highest BCUT2D eigenvalue weighted by atomic mass is 14.9. The maximum Gasteiger partial charge on any atom is -0.00146 e. The lowest BCUT2D eigenvalue weighted by Gasteiger charge is -2.36. The minimum Gasteiger partial charge on any atom is -0.316 e. The second-order valence-corrected chi connectivity index (χ2v) is 7.68. The molecule has 0 spiro atoms. The summed E-state index contributed by atoms with van der Waals surface area (Å²) in [6.07, 6.45) is 4.13. The molecule has 1 aromatic rings. The van der Waals surface area contributed by atoms with Gasteiger partial charge in [-0.05, 0) is 80.1 Å². The number of aryl methyl sites for hydroxylation is 2. The van der Waals surface area contributed by atoms with Gasteiger partial charge in [0.05, 0.1) is 0 Å². The number of rotatable bonds is 5. The molecule has 0 bridgehead atoms. The number of hydrogen-bond acceptors (Lipinski definition) is 1. The van der Waals surface area contributed by atoms with Crippen LogP contribution in [0.25, 0.3) is 0 Å². The smallest absolute Gasteiger partial charge is 0.00146 e. The van der Waals surface area contributed by atoms with Crippen LogP contribution in [0.1, 0.15) is 62.6 Å². The van der Waals surface area contributed by atoms with Crippen LogP contribution in [-0.4, -0.2) is 13.1 Å². The van der Waals surface area contributed by atoms with E-state index >= 15 is 0 Å². The van der Waals surface area contributed by atoms with E-state index in [0.717, 1.165) is 30.2 Å². The predicted molar refractivity (Wildman–Crippen MR) is 92.9 cm³/mol. The van der Waals surface area contributed by atoms with Gasteiger partial charge in [-0.1, -0.05) is 45.4 Å². The van der Waals surface area contributed by atoms with Gasteiger partial charge in [-0.3, -0.25) is 0 Å². The van der Waals surface area contributed by atoms with Crippen molar-refractivity contribution in [1.29, 1.82) is 0 Å². The van der Waals surface area contributed by atoms with Gasteiger partial charge in [0.15, 0.2) is 0 Å². The van der Waals surface area contributed by atoms with Gasteiger partial charge >= 0.3 is 0 Å². The van der Waals surface area contributed by atoms with E-state index in [1.165, 1.54) is 36.9 Å². The summed E-state index contributed by atoms with van der Waals surface area (Å²) in [6, 6.07) is 7.12. The topological polar surface area (TPSA) is 12.0 Å². The molecule has 3 atom stereocenters. The van der Waals surface area contributed by atoms with Gasteiger partial charge < -0.3 is 5.32 Å². The molecule has 1 nitrogen and oxygen atoms in total. The monoisotopic (exact) mass is 287 g/mol. The predicted octanol–water partition coefficient (Wildman–Crippen LogP) is 5.07. The van der Waals surface area contributed by atoms with E-state index in [2.05, 4.69) is 58.1 Å². The molecule has 1 aliphatic rings. The summed E-state index contributed by atoms with van der Waals surface area (Å²) >= 11 is 0. The van der Waals surface area contributed by atoms with Gasteiger partial charge in [-0.15, -0.1) is 0 Å². The molecule has 3 unspecified atom stereocenters. The van der Waals surface area contributed by atoms with E-state index in [0.29, 0.717) is 0 Å². The van der Waals surface area contributed by atoms with Crippen LogP contribution in [0, 0.1) is 31.6 Å². The van der Waals surface area contributed by atoms with Crippen molar-refractivity contribution < 1.29 is 0 Å². The molecule has 21 heavy (non-hydrogen) atoms. The quantitative estimate of drug-likeness (QED) is 0.797. The minimum absolute atomic E-state index is 0.743. The summed E-state index contributed by atoms with van der Waals surface area (Å²) in [6.45, 7) is 13.8. The first kappa shape index (κ1) is 16.5. The first-order chi connectivity index (χ1) is 9.97. The van der Waals surface area contributed by atoms with Gasteiger partial charge in [0.2, 0.25) is 0 Å². The van der Waals surface area contributed by atoms with Crippen LogP contribution in [0.5, 0.6) is 0 Å². The van der Waals surface area contributed by atoms with Gasteiger partial charge in [0.1, 0.15) is 0 Å². The standard InChI is InChI=1S/C20H33N/c1-14(2)12-21-13-19-8-6-15(3)10-20(19)18-9-7-16(4)17(5)11-18/h7,9,11,14-15,19-21H,6,8,10,12-13H2,1-5H3. The van der Waals surface area contributed by atoms with E-state index in [4.69, 9.17) is 0 Å². The Morgan fingerprint density at radius 1 is 1.14 bits per heavy atom. The largest absolute Gasteiger partial charge is 0.316 e. The van der Waals surface area contributed by atoms with Crippen molar-refractivity contribution in [3.8, 4) is 0 Å². The SMILES string of the molecule is Cc1ccc(C2CC(C)CCC2CNCC(C)C)cc1C. The lowest BCUT2D eigenvalue weighted by molar-refractivity contribution is 0.240. The van der Waals surface area contributed by atoms with E-state index in [-0.39, 0.29) is 0 Å². The molecular weight excluding hydrogens is 254 g/mol. The minimum atomic E-state index is 0.743. The molecule has 1 saturated carbocycles. The Morgan fingerprint density at radius 3 is 2.57 bits per heavy atom. The van der Waals surface area contributed by atoms with Crippen LogP contribution >= 0.6 is 0 Å². The molecule has 0 radical (unpaired) electrons. The Hall–Kier alpha value is -0.820. The summed E-state index contributed by atoms with van der Waals surface area (Å²) in [5.74, 6) is 3.17. The molecule has 1 aliphatic carbocycles. The molecule has 1 fully saturated rings. The van der Waals surface area contributed by atoms with Crippen molar-refractivity contribution in [2.24, 2.45) is 17.8 Å². The third-order valence-electron chi connectivity index (χ3n) is 5.17. The molecule has 118 valence electrons. The van der Waals surface area contributed by atoms with Crippen LogP contribution in [0.2, 0.25) is 0 Å². The Labute approximate surface area is 131 Å². The summed E-state index contributed by atoms with van der Waals surface area (Å²) in [7, 11) is 0. The molecule has 1 aromatic carbocycles. The lowest BCUT2D eigenvalue weighted by Crippen LogP contribution is -2.33. The van der Waals surface area contributed by atoms with Crippen LogP contribution in [0.4, 0.5) is 0 Å². The van der Waals surface area contributed by atoms with Gasteiger partial charge in [-0.25, -0.2) is 0 Å². The molecule has 1 heteroatoms. The lowest BCUT2D eigenvalue weighted by atomic mass is 9.71. The summed E-state index contributed by atoms with van der Waals surface area (Å²) in [5, 5.41) is 3.70. The van der Waals surface area contributed by atoms with E-state index in [9.17, 15) is 0 Å². The third-order valence-corrected chi connectivity index (χ3v) is 5.17. The average molecular weight is 287 g/mol. The molecule has 0 amide bonds. The molecular formula is C20H33N. The number of nitrogens with one attached hydrogen (secondary N) is 1. The van der Waals surface area contributed by atoms with Crippen LogP contribution < -0.4 is 5.32 Å². The van der Waals surface area contributed by atoms with Crippen molar-refractivity contribution >= 4 is 0 Å². The Kier molecular flexibility index (Phi) is 5.87. The van der Waals surface area contributed by atoms with Gasteiger partial charge in [0.25, 0.3) is 0 Å². The first-order valence-electron chi connectivity index (χ1n) is 8.75. The van der Waals surface area contributed by atoms with E-state index in [1.807, 2.05) is 0 Å². The maximum atomic E-state index is 3.70. The maximum absolute atomic E-state index is 3.70. The highest BCUT2D eigenvalue weighted by Crippen LogP contribution is 2.40.